The minimum atomic E-state index is -0.638. The Labute approximate surface area is 122 Å². The summed E-state index contributed by atoms with van der Waals surface area (Å²) < 4.78 is 18.7. The Morgan fingerprint density at radius 2 is 2.10 bits per heavy atom. The van der Waals surface area contributed by atoms with Crippen molar-refractivity contribution in [3.05, 3.63) is 52.8 Å². The predicted molar refractivity (Wildman–Crippen MR) is 78.0 cm³/mol. The maximum Gasteiger partial charge on any atom is 0.165 e. The number of nitrogens with one attached hydrogen (secondary N) is 1. The lowest BCUT2D eigenvalue weighted by Crippen LogP contribution is -2.03. The van der Waals surface area contributed by atoms with E-state index < -0.39 is 5.82 Å². The lowest BCUT2D eigenvalue weighted by Gasteiger charge is -2.13. The molecular formula is C15H15ClFNO2. The fourth-order valence-electron chi connectivity index (χ4n) is 1.81. The van der Waals surface area contributed by atoms with Gasteiger partial charge in [-0.1, -0.05) is 23.7 Å². The average Bonchev–Trinajstić information content (AvgIpc) is 2.43. The van der Waals surface area contributed by atoms with Crippen LogP contribution in [-0.2, 0) is 6.54 Å². The Balaban J connectivity index is 2.18. The predicted octanol–water partition coefficient (Wildman–Crippen LogP) is 4.20. The molecule has 106 valence electrons. The van der Waals surface area contributed by atoms with Crippen LogP contribution < -0.4 is 10.1 Å². The molecule has 0 atom stereocenters. The first-order valence-electron chi connectivity index (χ1n) is 6.24. The van der Waals surface area contributed by atoms with E-state index in [4.69, 9.17) is 16.3 Å². The molecule has 0 amide bonds. The molecule has 3 nitrogen and oxygen atoms in total. The zero-order valence-corrected chi connectivity index (χ0v) is 11.7. The number of halogens is 2. The molecule has 20 heavy (non-hydrogen) atoms. The van der Waals surface area contributed by atoms with Crippen LogP contribution in [0.5, 0.6) is 11.5 Å². The number of benzene rings is 2. The van der Waals surface area contributed by atoms with Gasteiger partial charge in [0.25, 0.3) is 0 Å². The number of phenols is 1. The molecule has 0 radical (unpaired) electrons. The zero-order chi connectivity index (χ0) is 14.5. The number of phenolic OH excluding ortho intramolecular Hbond substituents is 1. The van der Waals surface area contributed by atoms with Crippen LogP contribution in [0.25, 0.3) is 0 Å². The first kappa shape index (κ1) is 14.5. The summed E-state index contributed by atoms with van der Waals surface area (Å²) in [6, 6.07) is 9.63. The smallest absolute Gasteiger partial charge is 0.165 e. The van der Waals surface area contributed by atoms with Crippen molar-refractivity contribution in [2.24, 2.45) is 0 Å². The van der Waals surface area contributed by atoms with Gasteiger partial charge < -0.3 is 15.2 Å². The molecular weight excluding hydrogens is 281 g/mol. The SMILES string of the molecule is CCOc1ccc(Cl)cc1NCc1cccc(F)c1O. The van der Waals surface area contributed by atoms with E-state index >= 15 is 0 Å². The number of hydrogen-bond acceptors (Lipinski definition) is 3. The molecule has 2 aromatic carbocycles. The largest absolute Gasteiger partial charge is 0.505 e. The molecule has 0 aromatic heterocycles. The van der Waals surface area contributed by atoms with Crippen molar-refractivity contribution in [2.45, 2.75) is 13.5 Å². The van der Waals surface area contributed by atoms with Crippen molar-refractivity contribution >= 4 is 17.3 Å². The van der Waals surface area contributed by atoms with Crippen molar-refractivity contribution in [1.82, 2.24) is 0 Å². The minimum absolute atomic E-state index is 0.268. The summed E-state index contributed by atoms with van der Waals surface area (Å²) in [5.74, 6) is -0.326. The van der Waals surface area contributed by atoms with Crippen LogP contribution in [0.15, 0.2) is 36.4 Å². The van der Waals surface area contributed by atoms with Gasteiger partial charge in [-0.2, -0.15) is 0 Å². The maximum atomic E-state index is 13.2. The van der Waals surface area contributed by atoms with Crippen LogP contribution in [0.4, 0.5) is 10.1 Å². The molecule has 0 heterocycles. The van der Waals surface area contributed by atoms with Crippen molar-refractivity contribution < 1.29 is 14.2 Å². The highest BCUT2D eigenvalue weighted by Crippen LogP contribution is 2.29. The third kappa shape index (κ3) is 3.33. The van der Waals surface area contributed by atoms with E-state index in [-0.39, 0.29) is 12.3 Å². The molecule has 0 saturated carbocycles. The van der Waals surface area contributed by atoms with E-state index in [0.29, 0.717) is 28.6 Å². The van der Waals surface area contributed by atoms with Crippen molar-refractivity contribution in [1.29, 1.82) is 0 Å². The Morgan fingerprint density at radius 1 is 1.30 bits per heavy atom. The van der Waals surface area contributed by atoms with Crippen molar-refractivity contribution in [2.75, 3.05) is 11.9 Å². The van der Waals surface area contributed by atoms with Gasteiger partial charge in [0, 0.05) is 17.1 Å². The molecule has 0 aliphatic carbocycles. The molecule has 5 heteroatoms. The molecule has 0 unspecified atom stereocenters. The number of rotatable bonds is 5. The lowest BCUT2D eigenvalue weighted by atomic mass is 10.2. The van der Waals surface area contributed by atoms with Crippen LogP contribution in [0, 0.1) is 5.82 Å². The van der Waals surface area contributed by atoms with Gasteiger partial charge in [-0.3, -0.25) is 0 Å². The van der Waals surface area contributed by atoms with E-state index in [0.717, 1.165) is 0 Å². The molecule has 2 aromatic rings. The normalized spacial score (nSPS) is 10.3. The van der Waals surface area contributed by atoms with Crippen LogP contribution in [0.2, 0.25) is 5.02 Å². The summed E-state index contributed by atoms with van der Waals surface area (Å²) in [6.07, 6.45) is 0. The Hall–Kier alpha value is -1.94. The third-order valence-electron chi connectivity index (χ3n) is 2.78. The zero-order valence-electron chi connectivity index (χ0n) is 11.0. The van der Waals surface area contributed by atoms with Gasteiger partial charge in [0.15, 0.2) is 11.6 Å². The fraction of sp³-hybridized carbons (Fsp3) is 0.200. The Bertz CT molecular complexity index is 604. The van der Waals surface area contributed by atoms with E-state index in [1.807, 2.05) is 6.92 Å². The second kappa shape index (κ2) is 6.48. The fourth-order valence-corrected chi connectivity index (χ4v) is 1.99. The standard InChI is InChI=1S/C15H15ClFNO2/c1-2-20-14-7-6-11(16)8-13(14)18-9-10-4-3-5-12(17)15(10)19/h3-8,18-19H,2,9H2,1H3. The van der Waals surface area contributed by atoms with Gasteiger partial charge >= 0.3 is 0 Å². The summed E-state index contributed by atoms with van der Waals surface area (Å²) in [4.78, 5) is 0. The minimum Gasteiger partial charge on any atom is -0.505 e. The number of aromatic hydroxyl groups is 1. The molecule has 0 spiro atoms. The molecule has 0 saturated heterocycles. The van der Waals surface area contributed by atoms with Gasteiger partial charge in [0.2, 0.25) is 0 Å². The number of ether oxygens (including phenoxy) is 1. The van der Waals surface area contributed by atoms with Crippen molar-refractivity contribution in [3.63, 3.8) is 0 Å². The monoisotopic (exact) mass is 295 g/mol. The van der Waals surface area contributed by atoms with Crippen LogP contribution in [0.1, 0.15) is 12.5 Å². The maximum absolute atomic E-state index is 13.2. The van der Waals surface area contributed by atoms with Gasteiger partial charge in [0.1, 0.15) is 5.75 Å². The van der Waals surface area contributed by atoms with E-state index in [2.05, 4.69) is 5.32 Å². The Morgan fingerprint density at radius 3 is 2.85 bits per heavy atom. The third-order valence-corrected chi connectivity index (χ3v) is 3.02. The molecule has 2 N–H and O–H groups in total. The number of anilines is 1. The topological polar surface area (TPSA) is 41.5 Å². The van der Waals surface area contributed by atoms with E-state index in [1.165, 1.54) is 6.07 Å². The molecule has 0 aliphatic rings. The highest BCUT2D eigenvalue weighted by Gasteiger charge is 2.08. The molecule has 2 rings (SSSR count). The van der Waals surface area contributed by atoms with Crippen LogP contribution >= 0.6 is 11.6 Å². The molecule has 0 bridgehead atoms. The number of para-hydroxylation sites is 1. The molecule has 0 aliphatic heterocycles. The summed E-state index contributed by atoms with van der Waals surface area (Å²) in [7, 11) is 0. The highest BCUT2D eigenvalue weighted by atomic mass is 35.5. The highest BCUT2D eigenvalue weighted by molar-refractivity contribution is 6.30. The van der Waals surface area contributed by atoms with Gasteiger partial charge in [-0.25, -0.2) is 4.39 Å². The first-order chi connectivity index (χ1) is 9.61. The van der Waals surface area contributed by atoms with E-state index in [9.17, 15) is 9.50 Å². The second-order valence-electron chi connectivity index (χ2n) is 4.17. The van der Waals surface area contributed by atoms with E-state index in [1.54, 1.807) is 30.3 Å². The van der Waals surface area contributed by atoms with Gasteiger partial charge in [0.05, 0.1) is 12.3 Å². The summed E-state index contributed by atoms with van der Waals surface area (Å²) in [5, 5.41) is 13.3. The quantitative estimate of drug-likeness (QED) is 0.869. The Kier molecular flexibility index (Phi) is 4.69. The van der Waals surface area contributed by atoms with Crippen molar-refractivity contribution in [3.8, 4) is 11.5 Å². The van der Waals surface area contributed by atoms with Gasteiger partial charge in [-0.05, 0) is 31.2 Å². The molecule has 0 fully saturated rings. The van der Waals surface area contributed by atoms with Gasteiger partial charge in [-0.15, -0.1) is 0 Å². The average molecular weight is 296 g/mol. The lowest BCUT2D eigenvalue weighted by molar-refractivity contribution is 0.341. The first-order valence-corrected chi connectivity index (χ1v) is 6.62. The second-order valence-corrected chi connectivity index (χ2v) is 4.61. The van der Waals surface area contributed by atoms with Crippen LogP contribution in [0.3, 0.4) is 0 Å². The summed E-state index contributed by atoms with van der Waals surface area (Å²) >= 11 is 5.95. The summed E-state index contributed by atoms with van der Waals surface area (Å²) in [6.45, 7) is 2.68. The summed E-state index contributed by atoms with van der Waals surface area (Å²) in [5.41, 5.74) is 1.16. The number of hydrogen-bond donors (Lipinski definition) is 2. The van der Waals surface area contributed by atoms with Crippen LogP contribution in [-0.4, -0.2) is 11.7 Å².